The van der Waals surface area contributed by atoms with E-state index in [0.717, 1.165) is 56.4 Å². The molecule has 0 atom stereocenters. The molecular weight excluding hydrogens is 416 g/mol. The zero-order valence-electron chi connectivity index (χ0n) is 19.4. The molecule has 0 bridgehead atoms. The van der Waals surface area contributed by atoms with E-state index in [1.807, 2.05) is 60.7 Å². The maximum atomic E-state index is 6.12. The molecule has 34 heavy (non-hydrogen) atoms. The van der Waals surface area contributed by atoms with Crippen LogP contribution in [0.1, 0.15) is 11.1 Å². The molecule has 0 unspecified atom stereocenters. The van der Waals surface area contributed by atoms with Crippen molar-refractivity contribution in [3.63, 3.8) is 0 Å². The Kier molecular flexibility index (Phi) is 6.13. The van der Waals surface area contributed by atoms with Crippen molar-refractivity contribution in [2.45, 2.75) is 13.8 Å². The van der Waals surface area contributed by atoms with E-state index in [4.69, 9.17) is 9.47 Å². The molecule has 5 aromatic rings. The molecule has 0 heterocycles. The van der Waals surface area contributed by atoms with Crippen molar-refractivity contribution in [1.82, 2.24) is 0 Å². The Morgan fingerprint density at radius 2 is 0.794 bits per heavy atom. The standard InChI is InChI=1S/C32H26O2/c1-23-9-3-5-15-31(23)33-29-13-7-11-27(21-29)25-17-19-26(20-18-25)28-12-8-14-30(22-28)34-32-16-6-4-10-24(32)2/h3-22H,1-2H3. The van der Waals surface area contributed by atoms with Crippen LogP contribution in [0, 0.1) is 13.8 Å². The highest BCUT2D eigenvalue weighted by atomic mass is 16.5. The van der Waals surface area contributed by atoms with Crippen LogP contribution in [0.15, 0.2) is 121 Å². The summed E-state index contributed by atoms with van der Waals surface area (Å²) in [6.45, 7) is 4.11. The number of para-hydroxylation sites is 2. The lowest BCUT2D eigenvalue weighted by Crippen LogP contribution is -1.88. The van der Waals surface area contributed by atoms with E-state index in [0.29, 0.717) is 0 Å². The summed E-state index contributed by atoms with van der Waals surface area (Å²) in [7, 11) is 0. The Balaban J connectivity index is 1.35. The van der Waals surface area contributed by atoms with Crippen LogP contribution in [0.5, 0.6) is 23.0 Å². The Bertz CT molecular complexity index is 1310. The summed E-state index contributed by atoms with van der Waals surface area (Å²) in [5.74, 6) is 3.42. The molecular formula is C32H26O2. The van der Waals surface area contributed by atoms with Crippen molar-refractivity contribution >= 4 is 0 Å². The minimum atomic E-state index is 0.830. The number of benzene rings is 5. The average Bonchev–Trinajstić information content (AvgIpc) is 2.87. The fourth-order valence-electron chi connectivity index (χ4n) is 3.93. The van der Waals surface area contributed by atoms with Crippen LogP contribution in [0.3, 0.4) is 0 Å². The zero-order valence-corrected chi connectivity index (χ0v) is 19.4. The van der Waals surface area contributed by atoms with E-state index in [-0.39, 0.29) is 0 Å². The Labute approximate surface area is 201 Å². The van der Waals surface area contributed by atoms with Gasteiger partial charge in [-0.15, -0.1) is 0 Å². The van der Waals surface area contributed by atoms with Gasteiger partial charge in [-0.25, -0.2) is 0 Å². The van der Waals surface area contributed by atoms with Gasteiger partial charge in [-0.05, 0) is 83.6 Å². The number of hydrogen-bond donors (Lipinski definition) is 0. The molecule has 0 aliphatic rings. The first-order chi connectivity index (χ1) is 16.7. The molecule has 0 radical (unpaired) electrons. The van der Waals surface area contributed by atoms with Crippen LogP contribution in [-0.2, 0) is 0 Å². The summed E-state index contributed by atoms with van der Waals surface area (Å²) >= 11 is 0. The van der Waals surface area contributed by atoms with Gasteiger partial charge in [0.1, 0.15) is 23.0 Å². The molecule has 0 aliphatic heterocycles. The maximum absolute atomic E-state index is 6.12. The highest BCUT2D eigenvalue weighted by Crippen LogP contribution is 2.32. The molecule has 0 N–H and O–H groups in total. The predicted octanol–water partition coefficient (Wildman–Crippen LogP) is 9.22. The number of hydrogen-bond acceptors (Lipinski definition) is 2. The Morgan fingerprint density at radius 1 is 0.382 bits per heavy atom. The molecule has 0 aromatic heterocycles. The Morgan fingerprint density at radius 3 is 1.21 bits per heavy atom. The number of ether oxygens (including phenoxy) is 2. The van der Waals surface area contributed by atoms with E-state index in [2.05, 4.69) is 74.5 Å². The van der Waals surface area contributed by atoms with Gasteiger partial charge in [0, 0.05) is 0 Å². The zero-order chi connectivity index (χ0) is 23.3. The predicted molar refractivity (Wildman–Crippen MR) is 140 cm³/mol. The van der Waals surface area contributed by atoms with Crippen molar-refractivity contribution < 1.29 is 9.47 Å². The molecule has 5 rings (SSSR count). The molecule has 0 spiro atoms. The summed E-state index contributed by atoms with van der Waals surface area (Å²) in [6.07, 6.45) is 0. The average molecular weight is 443 g/mol. The lowest BCUT2D eigenvalue weighted by molar-refractivity contribution is 0.479. The highest BCUT2D eigenvalue weighted by molar-refractivity contribution is 5.72. The second-order valence-electron chi connectivity index (χ2n) is 8.37. The fourth-order valence-corrected chi connectivity index (χ4v) is 3.93. The minimum Gasteiger partial charge on any atom is -0.457 e. The summed E-state index contributed by atoms with van der Waals surface area (Å²) in [5, 5.41) is 0. The van der Waals surface area contributed by atoms with Gasteiger partial charge >= 0.3 is 0 Å². The van der Waals surface area contributed by atoms with Crippen LogP contribution in [-0.4, -0.2) is 0 Å². The third kappa shape index (κ3) is 4.87. The van der Waals surface area contributed by atoms with E-state index >= 15 is 0 Å². The molecule has 0 fully saturated rings. The van der Waals surface area contributed by atoms with Crippen LogP contribution in [0.25, 0.3) is 22.3 Å². The van der Waals surface area contributed by atoms with Crippen molar-refractivity contribution in [1.29, 1.82) is 0 Å². The summed E-state index contributed by atoms with van der Waals surface area (Å²) in [5.41, 5.74) is 6.76. The van der Waals surface area contributed by atoms with Crippen molar-refractivity contribution in [3.8, 4) is 45.3 Å². The molecule has 0 amide bonds. The van der Waals surface area contributed by atoms with Crippen LogP contribution in [0.2, 0.25) is 0 Å². The second kappa shape index (κ2) is 9.68. The van der Waals surface area contributed by atoms with E-state index in [1.54, 1.807) is 0 Å². The van der Waals surface area contributed by atoms with Gasteiger partial charge in [-0.1, -0.05) is 84.9 Å². The third-order valence-electron chi connectivity index (χ3n) is 5.86. The van der Waals surface area contributed by atoms with E-state index < -0.39 is 0 Å². The quantitative estimate of drug-likeness (QED) is 0.261. The summed E-state index contributed by atoms with van der Waals surface area (Å²) < 4.78 is 12.2. The van der Waals surface area contributed by atoms with Crippen molar-refractivity contribution in [2.75, 3.05) is 0 Å². The monoisotopic (exact) mass is 442 g/mol. The summed E-state index contributed by atoms with van der Waals surface area (Å²) in [6, 6.07) is 41.1. The van der Waals surface area contributed by atoms with Crippen molar-refractivity contribution in [2.24, 2.45) is 0 Å². The first-order valence-corrected chi connectivity index (χ1v) is 11.4. The topological polar surface area (TPSA) is 18.5 Å². The molecule has 2 nitrogen and oxygen atoms in total. The maximum Gasteiger partial charge on any atom is 0.130 e. The molecule has 0 saturated heterocycles. The lowest BCUT2D eigenvalue weighted by Gasteiger charge is -2.11. The lowest BCUT2D eigenvalue weighted by atomic mass is 10.00. The molecule has 2 heteroatoms. The first kappa shape index (κ1) is 21.5. The van der Waals surface area contributed by atoms with E-state index in [9.17, 15) is 0 Å². The Hall–Kier alpha value is -4.30. The van der Waals surface area contributed by atoms with Crippen LogP contribution in [0.4, 0.5) is 0 Å². The largest absolute Gasteiger partial charge is 0.457 e. The van der Waals surface area contributed by atoms with Gasteiger partial charge in [0.05, 0.1) is 0 Å². The normalized spacial score (nSPS) is 10.6. The third-order valence-corrected chi connectivity index (χ3v) is 5.86. The fraction of sp³-hybridized carbons (Fsp3) is 0.0625. The van der Waals surface area contributed by atoms with Gasteiger partial charge in [-0.3, -0.25) is 0 Å². The molecule has 0 aliphatic carbocycles. The van der Waals surface area contributed by atoms with Gasteiger partial charge in [0.15, 0.2) is 0 Å². The molecule has 5 aromatic carbocycles. The number of aryl methyl sites for hydroxylation is 2. The van der Waals surface area contributed by atoms with Crippen molar-refractivity contribution in [3.05, 3.63) is 132 Å². The van der Waals surface area contributed by atoms with Crippen LogP contribution < -0.4 is 9.47 Å². The SMILES string of the molecule is Cc1ccccc1Oc1cccc(-c2ccc(-c3cccc(Oc4ccccc4C)c3)cc2)c1. The first-order valence-electron chi connectivity index (χ1n) is 11.4. The summed E-state index contributed by atoms with van der Waals surface area (Å²) in [4.78, 5) is 0. The molecule has 166 valence electrons. The molecule has 0 saturated carbocycles. The van der Waals surface area contributed by atoms with Gasteiger partial charge in [0.25, 0.3) is 0 Å². The van der Waals surface area contributed by atoms with Gasteiger partial charge in [0.2, 0.25) is 0 Å². The number of rotatable bonds is 6. The van der Waals surface area contributed by atoms with E-state index in [1.165, 1.54) is 0 Å². The van der Waals surface area contributed by atoms with Gasteiger partial charge < -0.3 is 9.47 Å². The van der Waals surface area contributed by atoms with Crippen LogP contribution >= 0.6 is 0 Å². The second-order valence-corrected chi connectivity index (χ2v) is 8.37. The smallest absolute Gasteiger partial charge is 0.130 e. The highest BCUT2D eigenvalue weighted by Gasteiger charge is 2.06. The minimum absolute atomic E-state index is 0.830. The van der Waals surface area contributed by atoms with Gasteiger partial charge in [-0.2, -0.15) is 0 Å².